The minimum absolute atomic E-state index is 1.04. The zero-order valence-corrected chi connectivity index (χ0v) is 19.0. The molecule has 0 heterocycles. The zero-order valence-electron chi connectivity index (χ0n) is 19.0. The summed E-state index contributed by atoms with van der Waals surface area (Å²) in [6.45, 7) is 18.2. The maximum atomic E-state index is 3.78. The number of hydrogen-bond donors (Lipinski definition) is 0. The van der Waals surface area contributed by atoms with E-state index in [2.05, 4.69) is 78.2 Å². The average Bonchev–Trinajstić information content (AvgIpc) is 2.66. The summed E-state index contributed by atoms with van der Waals surface area (Å²) < 4.78 is 0. The van der Waals surface area contributed by atoms with Gasteiger partial charge >= 0.3 is 0 Å². The second kappa shape index (κ2) is 22.5. The maximum absolute atomic E-state index is 3.78. The third-order valence-electron chi connectivity index (χ3n) is 4.42. The lowest BCUT2D eigenvalue weighted by molar-refractivity contribution is 0.677. The van der Waals surface area contributed by atoms with E-state index in [0.29, 0.717) is 0 Å². The summed E-state index contributed by atoms with van der Waals surface area (Å²) >= 11 is 0. The van der Waals surface area contributed by atoms with Crippen molar-refractivity contribution in [2.45, 2.75) is 98.8 Å². The van der Waals surface area contributed by atoms with E-state index in [1.54, 1.807) is 0 Å². The van der Waals surface area contributed by atoms with Gasteiger partial charge in [-0.2, -0.15) is 0 Å². The third-order valence-corrected chi connectivity index (χ3v) is 4.42. The fourth-order valence-corrected chi connectivity index (χ4v) is 2.72. The van der Waals surface area contributed by atoms with Crippen LogP contribution in [0.5, 0.6) is 0 Å². The minimum atomic E-state index is 1.04. The van der Waals surface area contributed by atoms with Crippen LogP contribution in [0, 0.1) is 0 Å². The Morgan fingerprint density at radius 3 is 1.81 bits per heavy atom. The Hall–Kier alpha value is -1.56. The van der Waals surface area contributed by atoms with E-state index in [-0.39, 0.29) is 0 Å². The Labute approximate surface area is 171 Å². The van der Waals surface area contributed by atoms with Gasteiger partial charge in [-0.25, -0.2) is 0 Å². The van der Waals surface area contributed by atoms with Crippen LogP contribution in [0.15, 0.2) is 72.4 Å². The van der Waals surface area contributed by atoms with E-state index in [0.717, 1.165) is 19.3 Å². The first-order valence-electron chi connectivity index (χ1n) is 10.8. The molecule has 0 aliphatic rings. The van der Waals surface area contributed by atoms with Gasteiger partial charge in [0.25, 0.3) is 0 Å². The molecule has 0 aromatic heterocycles. The van der Waals surface area contributed by atoms with E-state index < -0.39 is 0 Å². The topological polar surface area (TPSA) is 0 Å². The molecule has 0 rings (SSSR count). The van der Waals surface area contributed by atoms with Gasteiger partial charge in [-0.3, -0.25) is 0 Å². The molecule has 0 saturated carbocycles. The summed E-state index contributed by atoms with van der Waals surface area (Å²) in [5, 5.41) is 0. The molecule has 0 amide bonds. The summed E-state index contributed by atoms with van der Waals surface area (Å²) in [7, 11) is 0. The highest BCUT2D eigenvalue weighted by atomic mass is 14.0. The Bertz CT molecular complexity index is 464. The normalized spacial score (nSPS) is 11.7. The molecular formula is C27H46. The number of rotatable bonds is 14. The maximum Gasteiger partial charge on any atom is -0.0142 e. The van der Waals surface area contributed by atoms with Crippen LogP contribution in [-0.4, -0.2) is 0 Å². The molecule has 0 spiro atoms. The molecule has 27 heavy (non-hydrogen) atoms. The summed E-state index contributed by atoms with van der Waals surface area (Å²) in [6.07, 6.45) is 27.3. The van der Waals surface area contributed by atoms with Gasteiger partial charge in [0.05, 0.1) is 0 Å². The van der Waals surface area contributed by atoms with Gasteiger partial charge in [0.2, 0.25) is 0 Å². The predicted molar refractivity (Wildman–Crippen MR) is 128 cm³/mol. The van der Waals surface area contributed by atoms with Crippen molar-refractivity contribution in [3.8, 4) is 0 Å². The fraction of sp³-hybridized carbons (Fsp3) is 0.556. The molecule has 0 aliphatic heterocycles. The quantitative estimate of drug-likeness (QED) is 0.211. The third kappa shape index (κ3) is 22.4. The van der Waals surface area contributed by atoms with Crippen LogP contribution in [0.25, 0.3) is 0 Å². The molecule has 0 N–H and O–H groups in total. The Morgan fingerprint density at radius 1 is 0.741 bits per heavy atom. The first-order chi connectivity index (χ1) is 13.0. The van der Waals surface area contributed by atoms with Gasteiger partial charge in [-0.05, 0) is 85.5 Å². The lowest BCUT2D eigenvalue weighted by Gasteiger charge is -2.03. The standard InChI is InChI=1S/C15H26.C12H20/c1-5-11-15(6-2)13-10-8-7-9-12-14(3)4;1-4-7-8-9-11-12(6-3)10-5-2/h5-6,12H,1,7-11,13H2,2-4H3;5-8H,2,4,9-11H2,1,3H3. The van der Waals surface area contributed by atoms with Gasteiger partial charge in [-0.15, -0.1) is 13.2 Å². The van der Waals surface area contributed by atoms with E-state index in [9.17, 15) is 0 Å². The summed E-state index contributed by atoms with van der Waals surface area (Å²) in [4.78, 5) is 0. The van der Waals surface area contributed by atoms with Gasteiger partial charge in [0.15, 0.2) is 0 Å². The lowest BCUT2D eigenvalue weighted by Crippen LogP contribution is -1.83. The van der Waals surface area contributed by atoms with Gasteiger partial charge in [0, 0.05) is 0 Å². The van der Waals surface area contributed by atoms with Crippen LogP contribution in [0.1, 0.15) is 98.8 Å². The molecule has 0 aliphatic carbocycles. The zero-order chi connectivity index (χ0) is 20.8. The fourth-order valence-electron chi connectivity index (χ4n) is 2.72. The molecule has 0 bridgehead atoms. The first-order valence-corrected chi connectivity index (χ1v) is 10.8. The summed E-state index contributed by atoms with van der Waals surface area (Å²) in [5.41, 5.74) is 4.47. The monoisotopic (exact) mass is 370 g/mol. The Kier molecular flexibility index (Phi) is 23.0. The van der Waals surface area contributed by atoms with Crippen molar-refractivity contribution in [1.29, 1.82) is 0 Å². The van der Waals surface area contributed by atoms with Crippen molar-refractivity contribution in [2.24, 2.45) is 0 Å². The van der Waals surface area contributed by atoms with Crippen LogP contribution < -0.4 is 0 Å². The van der Waals surface area contributed by atoms with Crippen molar-refractivity contribution in [3.63, 3.8) is 0 Å². The van der Waals surface area contributed by atoms with E-state index in [1.165, 1.54) is 61.7 Å². The molecule has 0 saturated heterocycles. The Morgan fingerprint density at radius 2 is 1.33 bits per heavy atom. The van der Waals surface area contributed by atoms with Crippen LogP contribution >= 0.6 is 0 Å². The molecule has 154 valence electrons. The largest absolute Gasteiger partial charge is 0.103 e. The Balaban J connectivity index is 0. The van der Waals surface area contributed by atoms with Crippen molar-refractivity contribution in [2.75, 3.05) is 0 Å². The SMILES string of the molecule is C=CCC(=CC)CCC=CCC.C=CCC(=CC)CCCCCC=C(C)C. The lowest BCUT2D eigenvalue weighted by atomic mass is 10.0. The van der Waals surface area contributed by atoms with Crippen molar-refractivity contribution in [3.05, 3.63) is 72.4 Å². The van der Waals surface area contributed by atoms with Crippen LogP contribution in [0.2, 0.25) is 0 Å². The average molecular weight is 371 g/mol. The number of hydrogen-bond acceptors (Lipinski definition) is 0. The molecule has 0 heteroatoms. The van der Waals surface area contributed by atoms with Crippen LogP contribution in [0.3, 0.4) is 0 Å². The van der Waals surface area contributed by atoms with E-state index in [4.69, 9.17) is 0 Å². The predicted octanol–water partition coefficient (Wildman–Crippen LogP) is 9.68. The van der Waals surface area contributed by atoms with Crippen molar-refractivity contribution in [1.82, 2.24) is 0 Å². The van der Waals surface area contributed by atoms with Crippen molar-refractivity contribution >= 4 is 0 Å². The summed E-state index contributed by atoms with van der Waals surface area (Å²) in [5.74, 6) is 0. The van der Waals surface area contributed by atoms with E-state index >= 15 is 0 Å². The highest BCUT2D eigenvalue weighted by molar-refractivity contribution is 5.06. The highest BCUT2D eigenvalue weighted by Crippen LogP contribution is 2.14. The van der Waals surface area contributed by atoms with Gasteiger partial charge in [-0.1, -0.05) is 72.6 Å². The van der Waals surface area contributed by atoms with Crippen LogP contribution in [-0.2, 0) is 0 Å². The molecule has 0 aromatic rings. The first kappa shape index (κ1) is 27.7. The van der Waals surface area contributed by atoms with E-state index in [1.807, 2.05) is 12.2 Å². The second-order valence-electron chi connectivity index (χ2n) is 7.18. The van der Waals surface area contributed by atoms with Gasteiger partial charge < -0.3 is 0 Å². The molecular weight excluding hydrogens is 324 g/mol. The molecule has 0 atom stereocenters. The van der Waals surface area contributed by atoms with Crippen LogP contribution in [0.4, 0.5) is 0 Å². The molecule has 0 aromatic carbocycles. The smallest absolute Gasteiger partial charge is 0.0142 e. The molecule has 0 nitrogen and oxygen atoms in total. The number of allylic oxidation sites excluding steroid dienone is 10. The molecule has 0 fully saturated rings. The molecule has 0 unspecified atom stereocenters. The number of unbranched alkanes of at least 4 members (excludes halogenated alkanes) is 3. The highest BCUT2D eigenvalue weighted by Gasteiger charge is 1.94. The van der Waals surface area contributed by atoms with Crippen molar-refractivity contribution < 1.29 is 0 Å². The minimum Gasteiger partial charge on any atom is -0.103 e. The molecule has 0 radical (unpaired) electrons. The van der Waals surface area contributed by atoms with Gasteiger partial charge in [0.1, 0.15) is 0 Å². The second-order valence-corrected chi connectivity index (χ2v) is 7.18. The summed E-state index contributed by atoms with van der Waals surface area (Å²) in [6, 6.07) is 0.